The fourth-order valence-corrected chi connectivity index (χ4v) is 1.72. The molecule has 16 heavy (non-hydrogen) atoms. The lowest BCUT2D eigenvalue weighted by Gasteiger charge is -2.35. The summed E-state index contributed by atoms with van der Waals surface area (Å²) >= 11 is 0. The van der Waals surface area contributed by atoms with Crippen LogP contribution < -0.4 is 0 Å². The molecule has 2 rings (SSSR count). The van der Waals surface area contributed by atoms with Crippen molar-refractivity contribution in [2.75, 3.05) is 13.1 Å². The molecule has 1 aromatic carbocycles. The molecule has 1 aromatic rings. The third-order valence-corrected chi connectivity index (χ3v) is 2.76. The van der Waals surface area contributed by atoms with E-state index in [0.29, 0.717) is 25.9 Å². The number of likely N-dealkylation sites (tertiary alicyclic amines) is 1. The Morgan fingerprint density at radius 1 is 1.38 bits per heavy atom. The molecular formula is C12H14FNO2. The number of amides is 1. The van der Waals surface area contributed by atoms with Gasteiger partial charge in [-0.05, 0) is 24.1 Å². The smallest absolute Gasteiger partial charge is 0.223 e. The van der Waals surface area contributed by atoms with E-state index in [4.69, 9.17) is 5.11 Å². The number of β-amino-alcohol motifs (C(OH)–C–C–N with tert-alkyl or cyclic N) is 1. The van der Waals surface area contributed by atoms with Gasteiger partial charge in [-0.3, -0.25) is 4.79 Å². The van der Waals surface area contributed by atoms with E-state index in [-0.39, 0.29) is 17.8 Å². The number of aliphatic hydroxyl groups is 1. The first-order chi connectivity index (χ1) is 7.65. The van der Waals surface area contributed by atoms with Crippen LogP contribution in [-0.2, 0) is 11.2 Å². The van der Waals surface area contributed by atoms with Crippen LogP contribution in [0.2, 0.25) is 0 Å². The maximum Gasteiger partial charge on any atom is 0.223 e. The van der Waals surface area contributed by atoms with Crippen LogP contribution in [0.15, 0.2) is 24.3 Å². The Labute approximate surface area is 93.5 Å². The van der Waals surface area contributed by atoms with Crippen molar-refractivity contribution in [2.45, 2.75) is 18.9 Å². The summed E-state index contributed by atoms with van der Waals surface area (Å²) in [5, 5.41) is 9.05. The van der Waals surface area contributed by atoms with Gasteiger partial charge >= 0.3 is 0 Å². The Morgan fingerprint density at radius 3 is 2.56 bits per heavy atom. The summed E-state index contributed by atoms with van der Waals surface area (Å²) in [4.78, 5) is 13.2. The molecule has 1 N–H and O–H groups in total. The predicted molar refractivity (Wildman–Crippen MR) is 57.3 cm³/mol. The van der Waals surface area contributed by atoms with E-state index in [1.54, 1.807) is 17.0 Å². The van der Waals surface area contributed by atoms with Gasteiger partial charge in [0.1, 0.15) is 5.82 Å². The predicted octanol–water partition coefficient (Wildman–Crippen LogP) is 0.961. The van der Waals surface area contributed by atoms with Crippen LogP contribution >= 0.6 is 0 Å². The maximum atomic E-state index is 12.6. The number of nitrogens with zero attached hydrogens (tertiary/aromatic N) is 1. The normalized spacial score (nSPS) is 16.0. The third-order valence-electron chi connectivity index (χ3n) is 2.76. The Morgan fingerprint density at radius 2 is 2.00 bits per heavy atom. The molecule has 0 saturated carbocycles. The zero-order chi connectivity index (χ0) is 11.5. The van der Waals surface area contributed by atoms with Gasteiger partial charge in [-0.25, -0.2) is 4.39 Å². The number of hydrogen-bond acceptors (Lipinski definition) is 2. The number of halogens is 1. The minimum absolute atomic E-state index is 0.0506. The topological polar surface area (TPSA) is 40.5 Å². The fraction of sp³-hybridized carbons (Fsp3) is 0.417. The molecule has 4 heteroatoms. The summed E-state index contributed by atoms with van der Waals surface area (Å²) in [5.41, 5.74) is 0.954. The summed E-state index contributed by atoms with van der Waals surface area (Å²) in [6.45, 7) is 0.893. The molecule has 0 spiro atoms. The number of hydrogen-bond donors (Lipinski definition) is 1. The fourth-order valence-electron chi connectivity index (χ4n) is 1.72. The first-order valence-electron chi connectivity index (χ1n) is 5.35. The van der Waals surface area contributed by atoms with Gasteiger partial charge in [0.05, 0.1) is 6.10 Å². The second kappa shape index (κ2) is 4.61. The highest BCUT2D eigenvalue weighted by molar-refractivity contribution is 5.77. The minimum atomic E-state index is -0.352. The number of benzene rings is 1. The highest BCUT2D eigenvalue weighted by Gasteiger charge is 2.27. The van der Waals surface area contributed by atoms with Crippen LogP contribution in [0.4, 0.5) is 4.39 Å². The van der Waals surface area contributed by atoms with E-state index < -0.39 is 0 Å². The van der Waals surface area contributed by atoms with Gasteiger partial charge in [-0.15, -0.1) is 0 Å². The van der Waals surface area contributed by atoms with Crippen molar-refractivity contribution < 1.29 is 14.3 Å². The summed E-state index contributed by atoms with van der Waals surface area (Å²) in [6.07, 6.45) is 0.680. The van der Waals surface area contributed by atoms with Gasteiger partial charge in [-0.1, -0.05) is 12.1 Å². The largest absolute Gasteiger partial charge is 0.389 e. The van der Waals surface area contributed by atoms with E-state index in [1.165, 1.54) is 12.1 Å². The van der Waals surface area contributed by atoms with Crippen molar-refractivity contribution in [3.63, 3.8) is 0 Å². The van der Waals surface area contributed by atoms with Crippen molar-refractivity contribution >= 4 is 5.91 Å². The minimum Gasteiger partial charge on any atom is -0.389 e. The Hall–Kier alpha value is -1.42. The van der Waals surface area contributed by atoms with Crippen molar-refractivity contribution in [1.29, 1.82) is 0 Å². The molecule has 0 bridgehead atoms. The van der Waals surface area contributed by atoms with Crippen molar-refractivity contribution in [2.24, 2.45) is 0 Å². The summed E-state index contributed by atoms with van der Waals surface area (Å²) < 4.78 is 12.6. The van der Waals surface area contributed by atoms with E-state index in [9.17, 15) is 9.18 Å². The van der Waals surface area contributed by atoms with Crippen LogP contribution in [-0.4, -0.2) is 35.1 Å². The van der Waals surface area contributed by atoms with Crippen molar-refractivity contribution in [3.8, 4) is 0 Å². The van der Waals surface area contributed by atoms with E-state index in [1.807, 2.05) is 0 Å². The molecule has 1 amide bonds. The first-order valence-corrected chi connectivity index (χ1v) is 5.35. The van der Waals surface area contributed by atoms with Gasteiger partial charge in [0, 0.05) is 19.5 Å². The van der Waals surface area contributed by atoms with Gasteiger partial charge in [0.25, 0.3) is 0 Å². The Bertz CT molecular complexity index is 371. The molecule has 1 aliphatic rings. The Kier molecular flexibility index (Phi) is 3.19. The van der Waals surface area contributed by atoms with E-state index in [2.05, 4.69) is 0 Å². The van der Waals surface area contributed by atoms with Crippen molar-refractivity contribution in [3.05, 3.63) is 35.6 Å². The number of aryl methyl sites for hydroxylation is 1. The Balaban J connectivity index is 1.79. The van der Waals surface area contributed by atoms with Gasteiger partial charge < -0.3 is 10.0 Å². The quantitative estimate of drug-likeness (QED) is 0.829. The number of aliphatic hydroxyl groups excluding tert-OH is 1. The second-order valence-corrected chi connectivity index (χ2v) is 4.08. The summed E-state index contributed by atoms with van der Waals surface area (Å²) in [6, 6.07) is 6.17. The monoisotopic (exact) mass is 223 g/mol. The van der Waals surface area contributed by atoms with Gasteiger partial charge in [0.2, 0.25) is 5.91 Å². The lowest BCUT2D eigenvalue weighted by atomic mass is 10.1. The number of carbonyl (C=O) groups excluding carboxylic acids is 1. The molecule has 0 aromatic heterocycles. The SMILES string of the molecule is O=C(CCc1ccc(F)cc1)N1CC(O)C1. The number of carbonyl (C=O) groups is 1. The van der Waals surface area contributed by atoms with E-state index >= 15 is 0 Å². The molecule has 3 nitrogen and oxygen atoms in total. The highest BCUT2D eigenvalue weighted by atomic mass is 19.1. The van der Waals surface area contributed by atoms with Crippen LogP contribution in [0.1, 0.15) is 12.0 Å². The molecule has 1 aliphatic heterocycles. The average Bonchev–Trinajstić information content (AvgIpc) is 2.24. The molecule has 0 unspecified atom stereocenters. The summed E-state index contributed by atoms with van der Waals surface area (Å²) in [7, 11) is 0. The van der Waals surface area contributed by atoms with Gasteiger partial charge in [0.15, 0.2) is 0 Å². The van der Waals surface area contributed by atoms with Crippen molar-refractivity contribution in [1.82, 2.24) is 4.90 Å². The second-order valence-electron chi connectivity index (χ2n) is 4.08. The zero-order valence-electron chi connectivity index (χ0n) is 8.90. The van der Waals surface area contributed by atoms with Crippen LogP contribution in [0.25, 0.3) is 0 Å². The molecular weight excluding hydrogens is 209 g/mol. The lowest BCUT2D eigenvalue weighted by molar-refractivity contribution is -0.141. The highest BCUT2D eigenvalue weighted by Crippen LogP contribution is 2.11. The van der Waals surface area contributed by atoms with Crippen LogP contribution in [0.5, 0.6) is 0 Å². The molecule has 0 radical (unpaired) electrons. The van der Waals surface area contributed by atoms with Gasteiger partial charge in [-0.2, -0.15) is 0 Å². The first kappa shape index (κ1) is 11.1. The maximum absolute atomic E-state index is 12.6. The average molecular weight is 223 g/mol. The molecule has 1 fully saturated rings. The number of rotatable bonds is 3. The lowest BCUT2D eigenvalue weighted by Crippen LogP contribution is -2.53. The summed E-state index contributed by atoms with van der Waals surface area (Å²) in [5.74, 6) is -0.212. The standard InChI is InChI=1S/C12H14FNO2/c13-10-4-1-9(2-5-10)3-6-12(16)14-7-11(15)8-14/h1-2,4-5,11,15H,3,6-8H2. The zero-order valence-corrected chi connectivity index (χ0v) is 8.90. The molecule has 1 heterocycles. The third kappa shape index (κ3) is 2.58. The molecule has 1 saturated heterocycles. The van der Waals surface area contributed by atoms with Crippen LogP contribution in [0.3, 0.4) is 0 Å². The van der Waals surface area contributed by atoms with Crippen LogP contribution in [0, 0.1) is 5.82 Å². The van der Waals surface area contributed by atoms with E-state index in [0.717, 1.165) is 5.56 Å². The molecule has 86 valence electrons. The molecule has 0 atom stereocenters. The molecule has 0 aliphatic carbocycles.